The number of aryl methyl sites for hydroxylation is 2. The Morgan fingerprint density at radius 3 is 1.51 bits per heavy atom. The summed E-state index contributed by atoms with van der Waals surface area (Å²) in [6, 6.07) is 8.52. The van der Waals surface area contributed by atoms with Gasteiger partial charge in [0.1, 0.15) is 11.1 Å². The second-order valence-corrected chi connectivity index (χ2v) is 10.7. The van der Waals surface area contributed by atoms with Gasteiger partial charge in [-0.1, -0.05) is 18.2 Å². The number of hydrogen-bond acceptors (Lipinski definition) is 10. The Balaban J connectivity index is 2.05. The molecule has 0 fully saturated rings. The molecule has 11 heteroatoms. The number of anilines is 1. The largest absolute Gasteiger partial charge is 0.494 e. The zero-order chi connectivity index (χ0) is 28.4. The molecule has 0 saturated heterocycles. The summed E-state index contributed by atoms with van der Waals surface area (Å²) >= 11 is 2.29. The molecule has 0 unspecified atom stereocenters. The fourth-order valence-corrected chi connectivity index (χ4v) is 6.72. The van der Waals surface area contributed by atoms with Gasteiger partial charge >= 0.3 is 11.9 Å². The van der Waals surface area contributed by atoms with Crippen LogP contribution in [0.25, 0.3) is 11.1 Å². The molecule has 1 aliphatic rings. The number of rotatable bonds is 9. The van der Waals surface area contributed by atoms with Crippen molar-refractivity contribution < 1.29 is 38.1 Å². The van der Waals surface area contributed by atoms with E-state index in [4.69, 9.17) is 18.9 Å². The summed E-state index contributed by atoms with van der Waals surface area (Å²) in [6.45, 7) is 7.13. The Morgan fingerprint density at radius 2 is 1.15 bits per heavy atom. The lowest BCUT2D eigenvalue weighted by Crippen LogP contribution is -2.31. The number of methoxy groups -OCH3 is 2. The van der Waals surface area contributed by atoms with Crippen molar-refractivity contribution in [1.82, 2.24) is 0 Å². The van der Waals surface area contributed by atoms with Crippen LogP contribution in [0.5, 0.6) is 11.5 Å². The second kappa shape index (κ2) is 11.4. The number of carbonyl (C=O) groups is 4. The van der Waals surface area contributed by atoms with Crippen LogP contribution in [0.15, 0.2) is 30.3 Å². The Hall–Kier alpha value is -3.96. The number of amides is 2. The van der Waals surface area contributed by atoms with Crippen LogP contribution in [0.2, 0.25) is 0 Å². The number of hydrogen-bond donors (Lipinski definition) is 0. The first-order valence-electron chi connectivity index (χ1n) is 12.1. The highest BCUT2D eigenvalue weighted by Gasteiger charge is 2.45. The third kappa shape index (κ3) is 4.72. The van der Waals surface area contributed by atoms with E-state index in [1.54, 1.807) is 58.0 Å². The molecule has 0 spiro atoms. The van der Waals surface area contributed by atoms with E-state index in [9.17, 15) is 19.2 Å². The van der Waals surface area contributed by atoms with Crippen molar-refractivity contribution in [2.45, 2.75) is 27.7 Å². The molecule has 0 radical (unpaired) electrons. The van der Waals surface area contributed by atoms with Gasteiger partial charge in [0.05, 0.1) is 54.0 Å². The lowest BCUT2D eigenvalue weighted by Gasteiger charge is -2.15. The first kappa shape index (κ1) is 28.1. The van der Waals surface area contributed by atoms with Gasteiger partial charge in [-0.25, -0.2) is 14.5 Å². The van der Waals surface area contributed by atoms with Gasteiger partial charge in [0.15, 0.2) is 11.5 Å². The first-order chi connectivity index (χ1) is 18.7. The van der Waals surface area contributed by atoms with Gasteiger partial charge in [-0.15, -0.1) is 22.7 Å². The van der Waals surface area contributed by atoms with Crippen molar-refractivity contribution in [2.24, 2.45) is 0 Å². The van der Waals surface area contributed by atoms with Gasteiger partial charge in [0, 0.05) is 9.75 Å². The molecule has 3 aromatic rings. The quantitative estimate of drug-likeness (QED) is 0.253. The first-order valence-corrected chi connectivity index (χ1v) is 13.7. The maximum atomic E-state index is 14.1. The summed E-state index contributed by atoms with van der Waals surface area (Å²) in [6.07, 6.45) is 0. The molecule has 2 amide bonds. The van der Waals surface area contributed by atoms with E-state index in [2.05, 4.69) is 0 Å². The average Bonchev–Trinajstić information content (AvgIpc) is 3.51. The number of benzene rings is 1. The molecule has 0 aliphatic carbocycles. The summed E-state index contributed by atoms with van der Waals surface area (Å²) in [5.41, 5.74) is 0.826. The number of ether oxygens (including phenoxy) is 4. The highest BCUT2D eigenvalue weighted by Crippen LogP contribution is 2.50. The summed E-state index contributed by atoms with van der Waals surface area (Å²) in [5, 5.41) is 0. The maximum Gasteiger partial charge on any atom is 0.343 e. The molecule has 1 aromatic carbocycles. The molecule has 204 valence electrons. The molecule has 0 saturated carbocycles. The number of carbonyl (C=O) groups excluding carboxylic acids is 4. The molecule has 4 rings (SSSR count). The van der Waals surface area contributed by atoms with Crippen molar-refractivity contribution >= 4 is 63.3 Å². The average molecular weight is 570 g/mol. The van der Waals surface area contributed by atoms with E-state index >= 15 is 0 Å². The third-order valence-corrected chi connectivity index (χ3v) is 8.21. The van der Waals surface area contributed by atoms with Gasteiger partial charge in [0.25, 0.3) is 11.8 Å². The molecular weight excluding hydrogens is 542 g/mol. The molecule has 0 atom stereocenters. The van der Waals surface area contributed by atoms with Crippen LogP contribution in [0.1, 0.15) is 54.1 Å². The van der Waals surface area contributed by atoms with Gasteiger partial charge in [-0.2, -0.15) is 0 Å². The van der Waals surface area contributed by atoms with E-state index in [1.807, 2.05) is 0 Å². The molecule has 0 bridgehead atoms. The van der Waals surface area contributed by atoms with E-state index in [-0.39, 0.29) is 47.0 Å². The SMILES string of the molecule is CCOC(=O)c1c(C)sc(C2=C(c3sc(C)c(C(=O)OCC)c3OC)C(=O)N(c3ccccc3)C2=O)c1OC. The highest BCUT2D eigenvalue weighted by atomic mass is 32.1. The van der Waals surface area contributed by atoms with Crippen LogP contribution >= 0.6 is 22.7 Å². The number of imide groups is 1. The monoisotopic (exact) mass is 569 g/mol. The molecule has 1 aliphatic heterocycles. The zero-order valence-electron chi connectivity index (χ0n) is 22.3. The van der Waals surface area contributed by atoms with Crippen LogP contribution in [-0.4, -0.2) is 51.2 Å². The van der Waals surface area contributed by atoms with Gasteiger partial charge in [0.2, 0.25) is 0 Å². The molecule has 2 aromatic heterocycles. The lowest BCUT2D eigenvalue weighted by molar-refractivity contribution is -0.119. The summed E-state index contributed by atoms with van der Waals surface area (Å²) in [5.74, 6) is -2.11. The predicted octanol–water partition coefficient (Wildman–Crippen LogP) is 5.28. The minimum Gasteiger partial charge on any atom is -0.494 e. The number of para-hydroxylation sites is 1. The molecule has 3 heterocycles. The smallest absolute Gasteiger partial charge is 0.343 e. The minimum absolute atomic E-state index is 0.0410. The van der Waals surface area contributed by atoms with Crippen molar-refractivity contribution in [2.75, 3.05) is 32.3 Å². The van der Waals surface area contributed by atoms with Gasteiger partial charge in [-0.05, 0) is 39.8 Å². The molecule has 9 nitrogen and oxygen atoms in total. The molecular formula is C28H27NO8S2. The van der Waals surface area contributed by atoms with Crippen molar-refractivity contribution in [1.29, 1.82) is 0 Å². The maximum absolute atomic E-state index is 14.1. The minimum atomic E-state index is -0.595. The van der Waals surface area contributed by atoms with Crippen LogP contribution in [0.4, 0.5) is 5.69 Å². The molecule has 39 heavy (non-hydrogen) atoms. The number of thiophene rings is 2. The summed E-state index contributed by atoms with van der Waals surface area (Å²) in [4.78, 5) is 56.5. The Kier molecular flexibility index (Phi) is 8.22. The van der Waals surface area contributed by atoms with Crippen LogP contribution in [0, 0.1) is 13.8 Å². The Morgan fingerprint density at radius 1 is 0.744 bits per heavy atom. The van der Waals surface area contributed by atoms with Crippen LogP contribution in [-0.2, 0) is 19.1 Å². The van der Waals surface area contributed by atoms with Crippen molar-refractivity contribution in [3.05, 3.63) is 61.0 Å². The van der Waals surface area contributed by atoms with Crippen molar-refractivity contribution in [3.63, 3.8) is 0 Å². The number of nitrogens with zero attached hydrogens (tertiary/aromatic N) is 1. The molecule has 0 N–H and O–H groups in total. The predicted molar refractivity (Wildman–Crippen MR) is 149 cm³/mol. The van der Waals surface area contributed by atoms with Crippen LogP contribution in [0.3, 0.4) is 0 Å². The highest BCUT2D eigenvalue weighted by molar-refractivity contribution is 7.16. The lowest BCUT2D eigenvalue weighted by atomic mass is 10.0. The second-order valence-electron chi connectivity index (χ2n) is 8.26. The topological polar surface area (TPSA) is 108 Å². The van der Waals surface area contributed by atoms with Crippen LogP contribution < -0.4 is 14.4 Å². The third-order valence-electron chi connectivity index (χ3n) is 6.00. The van der Waals surface area contributed by atoms with E-state index in [0.29, 0.717) is 25.2 Å². The van der Waals surface area contributed by atoms with E-state index in [1.165, 1.54) is 14.2 Å². The Labute approximate surface area is 233 Å². The number of esters is 2. The van der Waals surface area contributed by atoms with Crippen molar-refractivity contribution in [3.8, 4) is 11.5 Å². The Bertz CT molecular complexity index is 1410. The fraction of sp³-hybridized carbons (Fsp3) is 0.286. The zero-order valence-corrected chi connectivity index (χ0v) is 24.0. The van der Waals surface area contributed by atoms with Gasteiger partial charge < -0.3 is 18.9 Å². The van der Waals surface area contributed by atoms with Gasteiger partial charge in [-0.3, -0.25) is 9.59 Å². The summed E-state index contributed by atoms with van der Waals surface area (Å²) < 4.78 is 21.7. The van der Waals surface area contributed by atoms with E-state index < -0.39 is 23.8 Å². The summed E-state index contributed by atoms with van der Waals surface area (Å²) in [7, 11) is 2.78. The fourth-order valence-electron chi connectivity index (χ4n) is 4.41. The van der Waals surface area contributed by atoms with E-state index in [0.717, 1.165) is 27.6 Å². The normalized spacial score (nSPS) is 13.2. The standard InChI is InChI=1S/C28H27NO8S2/c1-7-36-27(32)17-14(3)38-23(21(17)34-5)19-20(26(31)29(25(19)30)16-12-10-9-11-13-16)24-22(35-6)18(15(4)39-24)28(33)37-8-2/h9-13H,7-8H2,1-6H3.